The summed E-state index contributed by atoms with van der Waals surface area (Å²) in [5.74, 6) is -2.94. The number of hydrogen-bond acceptors (Lipinski definition) is 6. The molecule has 1 aliphatic heterocycles. The van der Waals surface area contributed by atoms with Crippen molar-refractivity contribution in [1.29, 1.82) is 0 Å². The number of primary amides is 1. The van der Waals surface area contributed by atoms with Gasteiger partial charge >= 0.3 is 11.7 Å². The molecule has 0 saturated carbocycles. The summed E-state index contributed by atoms with van der Waals surface area (Å²) in [6.45, 7) is 0. The number of benzene rings is 2. The smallest absolute Gasteiger partial charge is 0.352 e. The van der Waals surface area contributed by atoms with Crippen molar-refractivity contribution in [2.45, 2.75) is 18.2 Å². The minimum atomic E-state index is -1.90. The van der Waals surface area contributed by atoms with Gasteiger partial charge in [-0.1, -0.05) is 60.1 Å². The Balaban J connectivity index is 1.47. The van der Waals surface area contributed by atoms with E-state index in [1.807, 2.05) is 48.5 Å². The molecule has 3 N–H and O–H groups in total. The Morgan fingerprint density at radius 2 is 1.73 bits per heavy atom. The fraction of sp³-hybridized carbons (Fsp3) is 0.111. The minimum absolute atomic E-state index is 0.217. The second-order valence-corrected chi connectivity index (χ2v) is 8.68. The number of amides is 2. The SMILES string of the molecule is NC(=O)C1(C(Cc2ccccc2)NC(=O)c2cccnc2-n2cnc(-c3ccccc3Cl)c2)OC=CO1. The summed E-state index contributed by atoms with van der Waals surface area (Å²) in [7, 11) is 0. The van der Waals surface area contributed by atoms with E-state index in [-0.39, 0.29) is 12.0 Å². The Hall–Kier alpha value is -4.63. The van der Waals surface area contributed by atoms with Crippen LogP contribution in [0.3, 0.4) is 0 Å². The molecule has 0 aliphatic carbocycles. The van der Waals surface area contributed by atoms with E-state index in [0.29, 0.717) is 16.5 Å². The van der Waals surface area contributed by atoms with E-state index in [4.69, 9.17) is 26.8 Å². The molecular weight excluding hydrogens is 494 g/mol. The molecule has 0 spiro atoms. The average Bonchev–Trinajstić information content (AvgIpc) is 3.60. The Morgan fingerprint density at radius 3 is 2.46 bits per heavy atom. The number of pyridine rings is 1. The number of imidazole rings is 1. The van der Waals surface area contributed by atoms with Crippen LogP contribution in [0, 0.1) is 0 Å². The number of rotatable bonds is 8. The van der Waals surface area contributed by atoms with Crippen LogP contribution < -0.4 is 11.1 Å². The maximum absolute atomic E-state index is 13.6. The number of halogens is 1. The summed E-state index contributed by atoms with van der Waals surface area (Å²) >= 11 is 6.32. The average molecular weight is 516 g/mol. The first-order valence-electron chi connectivity index (χ1n) is 11.4. The lowest BCUT2D eigenvalue weighted by Crippen LogP contribution is -2.61. The van der Waals surface area contributed by atoms with Crippen LogP contribution in [0.5, 0.6) is 0 Å². The van der Waals surface area contributed by atoms with Crippen molar-refractivity contribution in [2.75, 3.05) is 0 Å². The molecular formula is C27H22ClN5O4. The molecule has 1 unspecified atom stereocenters. The van der Waals surface area contributed by atoms with Crippen molar-refractivity contribution in [3.05, 3.63) is 114 Å². The van der Waals surface area contributed by atoms with Gasteiger partial charge in [-0.05, 0) is 23.8 Å². The van der Waals surface area contributed by atoms with Crippen LogP contribution in [0.1, 0.15) is 15.9 Å². The molecule has 2 amide bonds. The van der Waals surface area contributed by atoms with Gasteiger partial charge in [-0.15, -0.1) is 0 Å². The predicted octanol–water partition coefficient (Wildman–Crippen LogP) is 3.63. The third-order valence-electron chi connectivity index (χ3n) is 5.94. The summed E-state index contributed by atoms with van der Waals surface area (Å²) in [6.07, 6.45) is 7.53. The fourth-order valence-corrected chi connectivity index (χ4v) is 4.36. The molecule has 0 saturated heterocycles. The van der Waals surface area contributed by atoms with Gasteiger partial charge in [0, 0.05) is 24.4 Å². The van der Waals surface area contributed by atoms with E-state index in [2.05, 4.69) is 15.3 Å². The van der Waals surface area contributed by atoms with Crippen LogP contribution in [-0.4, -0.2) is 38.2 Å². The minimum Gasteiger partial charge on any atom is -0.447 e. The maximum Gasteiger partial charge on any atom is 0.352 e. The molecule has 0 bridgehead atoms. The van der Waals surface area contributed by atoms with Gasteiger partial charge in [-0.25, -0.2) is 9.97 Å². The number of nitrogens with one attached hydrogen (secondary N) is 1. The predicted molar refractivity (Wildman–Crippen MR) is 136 cm³/mol. The van der Waals surface area contributed by atoms with Crippen molar-refractivity contribution in [3.63, 3.8) is 0 Å². The number of nitrogens with two attached hydrogens (primary N) is 1. The first-order valence-corrected chi connectivity index (χ1v) is 11.8. The Morgan fingerprint density at radius 1 is 1.00 bits per heavy atom. The lowest BCUT2D eigenvalue weighted by molar-refractivity contribution is -0.182. The highest BCUT2D eigenvalue weighted by Crippen LogP contribution is 2.29. The van der Waals surface area contributed by atoms with Gasteiger partial charge in [0.25, 0.3) is 5.91 Å². The van der Waals surface area contributed by atoms with E-state index in [0.717, 1.165) is 11.1 Å². The summed E-state index contributed by atoms with van der Waals surface area (Å²) in [5, 5.41) is 3.43. The molecule has 2 aromatic heterocycles. The number of carbonyl (C=O) groups excluding carboxylic acids is 2. The molecule has 3 heterocycles. The van der Waals surface area contributed by atoms with Gasteiger partial charge in [-0.3, -0.25) is 14.2 Å². The standard InChI is InChI=1S/C27H22ClN5O4/c28-21-11-5-4-9-19(21)22-16-33(17-31-22)24-20(10-6-12-30-24)25(34)32-23(15-18-7-2-1-3-8-18)27(26(29)35)36-13-14-37-27/h1-14,16-17,23H,15H2,(H2,29,35)(H,32,34). The van der Waals surface area contributed by atoms with E-state index >= 15 is 0 Å². The normalized spacial score (nSPS) is 14.4. The molecule has 37 heavy (non-hydrogen) atoms. The molecule has 0 fully saturated rings. The quantitative estimate of drug-likeness (QED) is 0.369. The largest absolute Gasteiger partial charge is 0.447 e. The van der Waals surface area contributed by atoms with Crippen LogP contribution >= 0.6 is 11.6 Å². The van der Waals surface area contributed by atoms with E-state index in [9.17, 15) is 9.59 Å². The molecule has 1 atom stereocenters. The highest BCUT2D eigenvalue weighted by Gasteiger charge is 2.51. The number of ether oxygens (including phenoxy) is 2. The molecule has 10 heteroatoms. The zero-order chi connectivity index (χ0) is 25.8. The zero-order valence-electron chi connectivity index (χ0n) is 19.5. The topological polar surface area (TPSA) is 121 Å². The lowest BCUT2D eigenvalue weighted by Gasteiger charge is -2.33. The van der Waals surface area contributed by atoms with Gasteiger partial charge < -0.3 is 20.5 Å². The van der Waals surface area contributed by atoms with Crippen LogP contribution in [0.15, 0.2) is 98.0 Å². The van der Waals surface area contributed by atoms with Crippen molar-refractivity contribution >= 4 is 23.4 Å². The van der Waals surface area contributed by atoms with E-state index in [1.165, 1.54) is 12.5 Å². The second-order valence-electron chi connectivity index (χ2n) is 8.28. The molecule has 2 aromatic carbocycles. The van der Waals surface area contributed by atoms with Crippen molar-refractivity contribution in [2.24, 2.45) is 5.73 Å². The third-order valence-corrected chi connectivity index (χ3v) is 6.27. The number of carbonyl (C=O) groups is 2. The Labute approximate surface area is 217 Å². The Kier molecular flexibility index (Phi) is 6.61. The van der Waals surface area contributed by atoms with E-state index in [1.54, 1.807) is 41.5 Å². The summed E-state index contributed by atoms with van der Waals surface area (Å²) in [4.78, 5) is 34.9. The Bertz CT molecular complexity index is 1460. The monoisotopic (exact) mass is 515 g/mol. The summed E-state index contributed by atoms with van der Waals surface area (Å²) in [5.41, 5.74) is 8.14. The van der Waals surface area contributed by atoms with Crippen LogP contribution in [-0.2, 0) is 20.7 Å². The molecule has 0 radical (unpaired) electrons. The number of hydrogen-bond donors (Lipinski definition) is 2. The maximum atomic E-state index is 13.6. The highest BCUT2D eigenvalue weighted by atomic mass is 35.5. The summed E-state index contributed by atoms with van der Waals surface area (Å²) < 4.78 is 12.7. The number of nitrogens with zero attached hydrogens (tertiary/aromatic N) is 3. The third kappa shape index (κ3) is 4.76. The molecule has 9 nitrogen and oxygen atoms in total. The van der Waals surface area contributed by atoms with Gasteiger partial charge in [0.1, 0.15) is 24.9 Å². The first-order chi connectivity index (χ1) is 18.0. The van der Waals surface area contributed by atoms with Crippen molar-refractivity contribution in [3.8, 4) is 17.1 Å². The molecule has 5 rings (SSSR count). The van der Waals surface area contributed by atoms with Crippen molar-refractivity contribution in [1.82, 2.24) is 19.9 Å². The molecule has 4 aromatic rings. The van der Waals surface area contributed by atoms with Crippen LogP contribution in [0.25, 0.3) is 17.1 Å². The number of aromatic nitrogens is 3. The molecule has 1 aliphatic rings. The van der Waals surface area contributed by atoms with Crippen molar-refractivity contribution < 1.29 is 19.1 Å². The van der Waals surface area contributed by atoms with E-state index < -0.39 is 23.6 Å². The van der Waals surface area contributed by atoms with Gasteiger partial charge in [0.2, 0.25) is 0 Å². The highest BCUT2D eigenvalue weighted by molar-refractivity contribution is 6.33. The van der Waals surface area contributed by atoms with Crippen LogP contribution in [0.4, 0.5) is 0 Å². The first kappa shape index (κ1) is 24.1. The van der Waals surface area contributed by atoms with Gasteiger partial charge in [0.15, 0.2) is 5.82 Å². The fourth-order valence-electron chi connectivity index (χ4n) is 4.13. The van der Waals surface area contributed by atoms with Gasteiger partial charge in [-0.2, -0.15) is 0 Å². The zero-order valence-corrected chi connectivity index (χ0v) is 20.2. The van der Waals surface area contributed by atoms with Gasteiger partial charge in [0.05, 0.1) is 16.3 Å². The second kappa shape index (κ2) is 10.2. The molecule has 186 valence electrons. The van der Waals surface area contributed by atoms with Crippen LogP contribution in [0.2, 0.25) is 5.02 Å². The lowest BCUT2D eigenvalue weighted by atomic mass is 9.97. The summed E-state index contributed by atoms with van der Waals surface area (Å²) in [6, 6.07) is 19.0.